The summed E-state index contributed by atoms with van der Waals surface area (Å²) < 4.78 is 0. The van der Waals surface area contributed by atoms with Gasteiger partial charge in [-0.3, -0.25) is 9.59 Å². The van der Waals surface area contributed by atoms with Gasteiger partial charge < -0.3 is 15.3 Å². The Morgan fingerprint density at radius 2 is 1.65 bits per heavy atom. The zero-order valence-corrected chi connectivity index (χ0v) is 14.1. The molecule has 20 heavy (non-hydrogen) atoms. The number of carbonyl (C=O) groups excluding carboxylic acids is 1. The lowest BCUT2D eigenvalue weighted by Crippen LogP contribution is -2.26. The van der Waals surface area contributed by atoms with Crippen LogP contribution in [0.3, 0.4) is 0 Å². The van der Waals surface area contributed by atoms with Crippen LogP contribution in [0.4, 0.5) is 0 Å². The van der Waals surface area contributed by atoms with E-state index in [4.69, 9.17) is 5.11 Å². The molecule has 1 fully saturated rings. The zero-order chi connectivity index (χ0) is 16.4. The molecule has 0 bridgehead atoms. The third-order valence-electron chi connectivity index (χ3n) is 2.21. The fourth-order valence-corrected chi connectivity index (χ4v) is 1.39. The number of amides is 1. The van der Waals surface area contributed by atoms with E-state index in [1.807, 2.05) is 19.2 Å². The van der Waals surface area contributed by atoms with Crippen molar-refractivity contribution in [3.8, 4) is 0 Å². The van der Waals surface area contributed by atoms with Crippen LogP contribution in [0.15, 0.2) is 0 Å². The Kier molecular flexibility index (Phi) is 24.2. The van der Waals surface area contributed by atoms with Gasteiger partial charge in [0.15, 0.2) is 0 Å². The second-order valence-corrected chi connectivity index (χ2v) is 4.44. The molecule has 1 aliphatic rings. The minimum absolute atomic E-state index is 0.302. The summed E-state index contributed by atoms with van der Waals surface area (Å²) in [5.41, 5.74) is 0. The van der Waals surface area contributed by atoms with Crippen molar-refractivity contribution in [2.75, 3.05) is 19.6 Å². The Morgan fingerprint density at radius 1 is 1.25 bits per heavy atom. The summed E-state index contributed by atoms with van der Waals surface area (Å²) in [4.78, 5) is 21.4. The Bertz CT molecular complexity index is 203. The number of likely N-dealkylation sites (tertiary alicyclic amines) is 1. The van der Waals surface area contributed by atoms with Gasteiger partial charge in [-0.05, 0) is 39.8 Å². The Balaban J connectivity index is -0.000000221. The average Bonchev–Trinajstić information content (AvgIpc) is 2.94. The Morgan fingerprint density at radius 3 is 1.80 bits per heavy atom. The zero-order valence-electron chi connectivity index (χ0n) is 14.1. The van der Waals surface area contributed by atoms with E-state index in [9.17, 15) is 9.59 Å². The van der Waals surface area contributed by atoms with Gasteiger partial charge in [0.1, 0.15) is 6.54 Å². The van der Waals surface area contributed by atoms with Crippen molar-refractivity contribution in [3.63, 3.8) is 0 Å². The highest BCUT2D eigenvalue weighted by atomic mass is 16.4. The van der Waals surface area contributed by atoms with Crippen LogP contribution in [0, 0.1) is 0 Å². The number of rotatable bonds is 4. The first-order chi connectivity index (χ1) is 9.49. The molecule has 5 heteroatoms. The highest BCUT2D eigenvalue weighted by Gasteiger charge is 2.13. The molecule has 0 unspecified atom stereocenters. The van der Waals surface area contributed by atoms with Crippen molar-refractivity contribution in [1.82, 2.24) is 10.2 Å². The molecule has 1 aliphatic heterocycles. The van der Waals surface area contributed by atoms with Crippen LogP contribution >= 0.6 is 0 Å². The lowest BCUT2D eigenvalue weighted by atomic mass is 10.3. The van der Waals surface area contributed by atoms with Gasteiger partial charge in [-0.2, -0.15) is 0 Å². The van der Waals surface area contributed by atoms with Gasteiger partial charge >= 0.3 is 5.97 Å². The Hall–Kier alpha value is -1.10. The molecule has 0 saturated carbocycles. The maximum atomic E-state index is 9.54. The fourth-order valence-electron chi connectivity index (χ4n) is 1.39. The lowest BCUT2D eigenvalue weighted by Gasteiger charge is -2.18. The van der Waals surface area contributed by atoms with E-state index in [-0.39, 0.29) is 6.54 Å². The van der Waals surface area contributed by atoms with E-state index in [1.54, 1.807) is 0 Å². The van der Waals surface area contributed by atoms with Gasteiger partial charge in [-0.25, -0.2) is 0 Å². The van der Waals surface area contributed by atoms with E-state index < -0.39 is 5.97 Å². The topological polar surface area (TPSA) is 69.6 Å². The fraction of sp³-hybridized carbons (Fsp3) is 0.867. The predicted molar refractivity (Wildman–Crippen MR) is 85.0 cm³/mol. The molecule has 0 radical (unpaired) electrons. The summed E-state index contributed by atoms with van der Waals surface area (Å²) in [5, 5.41) is 9.79. The van der Waals surface area contributed by atoms with Crippen molar-refractivity contribution < 1.29 is 14.7 Å². The van der Waals surface area contributed by atoms with Crippen molar-refractivity contribution in [2.24, 2.45) is 0 Å². The first-order valence-corrected chi connectivity index (χ1v) is 7.62. The molecule has 2 N–H and O–H groups in total. The molecule has 0 aromatic carbocycles. The third kappa shape index (κ3) is 22.1. The highest BCUT2D eigenvalue weighted by molar-refractivity contribution is 5.71. The molecule has 0 aromatic rings. The summed E-state index contributed by atoms with van der Waals surface area (Å²) in [7, 11) is 0. The van der Waals surface area contributed by atoms with Crippen LogP contribution < -0.4 is 5.32 Å². The SMILES string of the molecule is CC.CC(C)N1CCCC1.CCC.O=CNCC(=O)O. The predicted octanol–water partition coefficient (Wildman–Crippen LogP) is 2.75. The number of hydrogen-bond acceptors (Lipinski definition) is 3. The second kappa shape index (κ2) is 20.2. The largest absolute Gasteiger partial charge is 0.480 e. The summed E-state index contributed by atoms with van der Waals surface area (Å²) in [5.74, 6) is -1.04. The average molecular weight is 290 g/mol. The number of carboxylic acids is 1. The van der Waals surface area contributed by atoms with Crippen molar-refractivity contribution in [3.05, 3.63) is 0 Å². The second-order valence-electron chi connectivity index (χ2n) is 4.44. The van der Waals surface area contributed by atoms with Crippen LogP contribution in [0.25, 0.3) is 0 Å². The van der Waals surface area contributed by atoms with Gasteiger partial charge in [0, 0.05) is 6.04 Å². The summed E-state index contributed by atoms with van der Waals surface area (Å²) >= 11 is 0. The van der Waals surface area contributed by atoms with Gasteiger partial charge in [0.2, 0.25) is 6.41 Å². The van der Waals surface area contributed by atoms with Gasteiger partial charge in [0.05, 0.1) is 0 Å². The quantitative estimate of drug-likeness (QED) is 0.781. The maximum Gasteiger partial charge on any atom is 0.322 e. The third-order valence-corrected chi connectivity index (χ3v) is 2.21. The van der Waals surface area contributed by atoms with Crippen molar-refractivity contribution in [2.45, 2.75) is 66.8 Å². The van der Waals surface area contributed by atoms with E-state index >= 15 is 0 Å². The standard InChI is InChI=1S/C7H15N.C3H5NO3.C3H8.C2H6/c1-7(2)8-5-3-4-6-8;5-2-4-1-3(6)7;1-3-2;1-2/h7H,3-6H2,1-2H3;2H,1H2,(H,4,5)(H,6,7);3H2,1-2H3;1-2H3. The van der Waals surface area contributed by atoms with Crippen LogP contribution in [0.5, 0.6) is 0 Å². The number of carboxylic acid groups (broad SMARTS) is 1. The molecule has 0 aromatic heterocycles. The monoisotopic (exact) mass is 290 g/mol. The number of nitrogens with one attached hydrogen (secondary N) is 1. The van der Waals surface area contributed by atoms with Crippen LogP contribution in [-0.2, 0) is 9.59 Å². The maximum absolute atomic E-state index is 9.54. The van der Waals surface area contributed by atoms with Gasteiger partial charge in [-0.15, -0.1) is 0 Å². The number of hydrogen-bond donors (Lipinski definition) is 2. The highest BCUT2D eigenvalue weighted by Crippen LogP contribution is 2.09. The molecule has 0 spiro atoms. The number of nitrogens with zero attached hydrogens (tertiary/aromatic N) is 1. The molecular weight excluding hydrogens is 256 g/mol. The van der Waals surface area contributed by atoms with Gasteiger partial charge in [0.25, 0.3) is 0 Å². The molecule has 1 rings (SSSR count). The number of carbonyl (C=O) groups is 2. The lowest BCUT2D eigenvalue weighted by molar-refractivity contribution is -0.136. The first kappa shape index (κ1) is 24.0. The molecule has 5 nitrogen and oxygen atoms in total. The van der Waals surface area contributed by atoms with Crippen molar-refractivity contribution >= 4 is 12.4 Å². The van der Waals surface area contributed by atoms with Crippen molar-refractivity contribution in [1.29, 1.82) is 0 Å². The molecule has 1 amide bonds. The van der Waals surface area contributed by atoms with E-state index in [0.717, 1.165) is 6.04 Å². The van der Waals surface area contributed by atoms with E-state index in [0.29, 0.717) is 6.41 Å². The van der Waals surface area contributed by atoms with E-state index in [1.165, 1.54) is 32.4 Å². The van der Waals surface area contributed by atoms with E-state index in [2.05, 4.69) is 32.6 Å². The molecular formula is C15H34N2O3. The molecule has 122 valence electrons. The first-order valence-electron chi connectivity index (χ1n) is 7.62. The van der Waals surface area contributed by atoms with Crippen LogP contribution in [-0.4, -0.2) is 48.1 Å². The molecule has 1 saturated heterocycles. The molecule has 1 heterocycles. The molecule has 0 atom stereocenters. The number of aliphatic carboxylic acids is 1. The summed E-state index contributed by atoms with van der Waals surface area (Å²) in [6.45, 7) is 15.1. The minimum atomic E-state index is -1.04. The normalized spacial score (nSPS) is 12.9. The smallest absolute Gasteiger partial charge is 0.322 e. The van der Waals surface area contributed by atoms with Gasteiger partial charge in [-0.1, -0.05) is 34.1 Å². The van der Waals surface area contributed by atoms with Crippen LogP contribution in [0.1, 0.15) is 60.8 Å². The van der Waals surface area contributed by atoms with Crippen LogP contribution in [0.2, 0.25) is 0 Å². The summed E-state index contributed by atoms with van der Waals surface area (Å²) in [6.07, 6.45) is 4.42. The summed E-state index contributed by atoms with van der Waals surface area (Å²) in [6, 6.07) is 0.775. The Labute approximate surface area is 124 Å². The molecule has 0 aliphatic carbocycles. The minimum Gasteiger partial charge on any atom is -0.480 e.